The van der Waals surface area contributed by atoms with Crippen molar-refractivity contribution in [2.24, 2.45) is 5.92 Å². The predicted octanol–water partition coefficient (Wildman–Crippen LogP) is 5.04. The summed E-state index contributed by atoms with van der Waals surface area (Å²) in [5.41, 5.74) is 5.20. The standard InChI is InChI=1S/C25H24ClNO3/c1-14-4-6-17(7-5-14)23-22(25(29)30-3)15(2)27-20-12-18(13-21(28)24(20)23)16-8-10-19(26)11-9-16/h4-11,18,22-23,27H,2,12-13H2,1,3H3. The maximum atomic E-state index is 13.4. The summed E-state index contributed by atoms with van der Waals surface area (Å²) in [7, 11) is 1.37. The molecule has 0 amide bonds. The number of allylic oxidation sites excluding steroid dienone is 2. The highest BCUT2D eigenvalue weighted by atomic mass is 35.5. The molecule has 1 aliphatic carbocycles. The molecule has 0 saturated heterocycles. The van der Waals surface area contributed by atoms with Gasteiger partial charge in [0.25, 0.3) is 0 Å². The first-order valence-corrected chi connectivity index (χ1v) is 10.4. The fraction of sp³-hybridized carbons (Fsp3) is 0.280. The Hall–Kier alpha value is -2.85. The third kappa shape index (κ3) is 3.68. The second-order valence-electron chi connectivity index (χ2n) is 8.01. The summed E-state index contributed by atoms with van der Waals surface area (Å²) in [6, 6.07) is 15.6. The highest BCUT2D eigenvalue weighted by Crippen LogP contribution is 2.47. The van der Waals surface area contributed by atoms with Crippen molar-refractivity contribution in [1.82, 2.24) is 5.32 Å². The number of aryl methyl sites for hydroxylation is 1. The fourth-order valence-corrected chi connectivity index (χ4v) is 4.68. The number of hydrogen-bond donors (Lipinski definition) is 1. The number of ether oxygens (including phenoxy) is 1. The van der Waals surface area contributed by atoms with Gasteiger partial charge in [0.2, 0.25) is 0 Å². The van der Waals surface area contributed by atoms with Crippen LogP contribution < -0.4 is 5.32 Å². The molecule has 0 fully saturated rings. The molecule has 0 bridgehead atoms. The monoisotopic (exact) mass is 421 g/mol. The van der Waals surface area contributed by atoms with E-state index in [1.54, 1.807) is 0 Å². The second-order valence-corrected chi connectivity index (χ2v) is 8.45. The zero-order valence-electron chi connectivity index (χ0n) is 17.1. The van der Waals surface area contributed by atoms with Gasteiger partial charge in [0.1, 0.15) is 5.92 Å². The van der Waals surface area contributed by atoms with Gasteiger partial charge in [0.05, 0.1) is 7.11 Å². The minimum Gasteiger partial charge on any atom is -0.468 e. The molecule has 1 N–H and O–H groups in total. The van der Waals surface area contributed by atoms with Crippen LogP contribution >= 0.6 is 11.6 Å². The molecule has 0 radical (unpaired) electrons. The topological polar surface area (TPSA) is 55.4 Å². The normalized spacial score (nSPS) is 23.6. The Balaban J connectivity index is 1.79. The maximum absolute atomic E-state index is 13.4. The molecule has 0 aromatic heterocycles. The highest BCUT2D eigenvalue weighted by Gasteiger charge is 2.45. The molecular weight excluding hydrogens is 398 g/mol. The van der Waals surface area contributed by atoms with E-state index in [-0.39, 0.29) is 11.7 Å². The van der Waals surface area contributed by atoms with Crippen molar-refractivity contribution in [3.63, 3.8) is 0 Å². The third-order valence-electron chi connectivity index (χ3n) is 6.07. The Kier molecular flexibility index (Phi) is 5.52. The SMILES string of the molecule is C=C1NC2=C(C(=O)CC(c3ccc(Cl)cc3)C2)C(c2ccc(C)cc2)C1C(=O)OC. The van der Waals surface area contributed by atoms with Gasteiger partial charge in [0, 0.05) is 34.3 Å². The van der Waals surface area contributed by atoms with Crippen molar-refractivity contribution < 1.29 is 14.3 Å². The van der Waals surface area contributed by atoms with E-state index in [4.69, 9.17) is 16.3 Å². The number of benzene rings is 2. The lowest BCUT2D eigenvalue weighted by Gasteiger charge is -2.40. The minimum atomic E-state index is -0.646. The Morgan fingerprint density at radius 3 is 2.33 bits per heavy atom. The van der Waals surface area contributed by atoms with Gasteiger partial charge in [-0.25, -0.2) is 0 Å². The fourth-order valence-electron chi connectivity index (χ4n) is 4.56. The number of carbonyl (C=O) groups excluding carboxylic acids is 2. The summed E-state index contributed by atoms with van der Waals surface area (Å²) in [5.74, 6) is -1.33. The molecule has 5 heteroatoms. The Morgan fingerprint density at radius 1 is 1.07 bits per heavy atom. The molecule has 154 valence electrons. The number of rotatable bonds is 3. The van der Waals surface area contributed by atoms with Gasteiger partial charge >= 0.3 is 5.97 Å². The van der Waals surface area contributed by atoms with Crippen LogP contribution in [0.5, 0.6) is 0 Å². The van der Waals surface area contributed by atoms with Gasteiger partial charge < -0.3 is 10.1 Å². The lowest BCUT2D eigenvalue weighted by molar-refractivity contribution is -0.144. The summed E-state index contributed by atoms with van der Waals surface area (Å²) in [4.78, 5) is 26.0. The molecule has 2 aromatic carbocycles. The van der Waals surface area contributed by atoms with Crippen LogP contribution in [-0.4, -0.2) is 18.9 Å². The Morgan fingerprint density at radius 2 is 1.70 bits per heavy atom. The van der Waals surface area contributed by atoms with Crippen molar-refractivity contribution in [2.75, 3.05) is 7.11 Å². The molecule has 0 saturated carbocycles. The van der Waals surface area contributed by atoms with Crippen LogP contribution in [0.25, 0.3) is 0 Å². The third-order valence-corrected chi connectivity index (χ3v) is 6.32. The molecule has 4 rings (SSSR count). The van der Waals surface area contributed by atoms with Crippen LogP contribution in [0.2, 0.25) is 5.02 Å². The molecule has 2 aliphatic rings. The first-order chi connectivity index (χ1) is 14.4. The number of carbonyl (C=O) groups is 2. The van der Waals surface area contributed by atoms with Gasteiger partial charge in [0.15, 0.2) is 5.78 Å². The van der Waals surface area contributed by atoms with E-state index < -0.39 is 17.8 Å². The zero-order valence-corrected chi connectivity index (χ0v) is 17.8. The molecule has 1 heterocycles. The highest BCUT2D eigenvalue weighted by molar-refractivity contribution is 6.30. The second kappa shape index (κ2) is 8.11. The van der Waals surface area contributed by atoms with Crippen LogP contribution in [-0.2, 0) is 14.3 Å². The van der Waals surface area contributed by atoms with Crippen molar-refractivity contribution in [3.05, 3.63) is 93.8 Å². The molecule has 2 aromatic rings. The summed E-state index contributed by atoms with van der Waals surface area (Å²) < 4.78 is 5.07. The van der Waals surface area contributed by atoms with Gasteiger partial charge in [-0.3, -0.25) is 9.59 Å². The van der Waals surface area contributed by atoms with E-state index in [1.807, 2.05) is 55.5 Å². The van der Waals surface area contributed by atoms with E-state index in [0.717, 1.165) is 22.4 Å². The maximum Gasteiger partial charge on any atom is 0.315 e. The minimum absolute atomic E-state index is 0.0516. The van der Waals surface area contributed by atoms with E-state index in [9.17, 15) is 9.59 Å². The van der Waals surface area contributed by atoms with E-state index >= 15 is 0 Å². The van der Waals surface area contributed by atoms with Crippen LogP contribution in [0, 0.1) is 12.8 Å². The predicted molar refractivity (Wildman–Crippen MR) is 117 cm³/mol. The number of methoxy groups -OCH3 is 1. The molecule has 30 heavy (non-hydrogen) atoms. The molecule has 1 aliphatic heterocycles. The van der Waals surface area contributed by atoms with E-state index in [0.29, 0.717) is 29.1 Å². The number of esters is 1. The molecule has 0 spiro atoms. The summed E-state index contributed by atoms with van der Waals surface area (Å²) in [6.45, 7) is 6.12. The Bertz CT molecular complexity index is 1040. The van der Waals surface area contributed by atoms with Crippen LogP contribution in [0.4, 0.5) is 0 Å². The summed E-state index contributed by atoms with van der Waals surface area (Å²) >= 11 is 6.02. The van der Waals surface area contributed by atoms with Gasteiger partial charge in [-0.15, -0.1) is 0 Å². The lowest BCUT2D eigenvalue weighted by Crippen LogP contribution is -2.42. The largest absolute Gasteiger partial charge is 0.468 e. The van der Waals surface area contributed by atoms with Crippen LogP contribution in [0.1, 0.15) is 41.4 Å². The number of halogens is 1. The van der Waals surface area contributed by atoms with Gasteiger partial charge in [-0.2, -0.15) is 0 Å². The number of nitrogens with one attached hydrogen (secondary N) is 1. The lowest BCUT2D eigenvalue weighted by atomic mass is 9.69. The van der Waals surface area contributed by atoms with Crippen LogP contribution in [0.15, 0.2) is 72.1 Å². The van der Waals surface area contributed by atoms with Crippen molar-refractivity contribution in [2.45, 2.75) is 31.6 Å². The zero-order chi connectivity index (χ0) is 21.4. The van der Waals surface area contributed by atoms with Crippen LogP contribution in [0.3, 0.4) is 0 Å². The van der Waals surface area contributed by atoms with E-state index in [2.05, 4.69) is 11.9 Å². The van der Waals surface area contributed by atoms with Crippen molar-refractivity contribution in [1.29, 1.82) is 0 Å². The average Bonchev–Trinajstić information content (AvgIpc) is 2.73. The summed E-state index contributed by atoms with van der Waals surface area (Å²) in [6.07, 6.45) is 1.07. The first-order valence-electron chi connectivity index (χ1n) is 10.0. The molecule has 3 atom stereocenters. The number of hydrogen-bond acceptors (Lipinski definition) is 4. The van der Waals surface area contributed by atoms with Gasteiger partial charge in [-0.05, 0) is 42.5 Å². The molecule has 3 unspecified atom stereocenters. The van der Waals surface area contributed by atoms with E-state index in [1.165, 1.54) is 7.11 Å². The number of ketones is 1. The smallest absolute Gasteiger partial charge is 0.315 e. The van der Waals surface area contributed by atoms with Crippen molar-refractivity contribution in [3.8, 4) is 0 Å². The quantitative estimate of drug-likeness (QED) is 0.705. The summed E-state index contributed by atoms with van der Waals surface area (Å²) in [5, 5.41) is 3.95. The van der Waals surface area contributed by atoms with Gasteiger partial charge in [-0.1, -0.05) is 60.1 Å². The number of Topliss-reactive ketones (excluding diaryl/α,β-unsaturated/α-hetero) is 1. The molecule has 4 nitrogen and oxygen atoms in total. The Labute approximate surface area is 181 Å². The first kappa shape index (κ1) is 20.4. The molecular formula is C25H24ClNO3. The van der Waals surface area contributed by atoms with Crippen molar-refractivity contribution >= 4 is 23.4 Å². The average molecular weight is 422 g/mol.